The van der Waals surface area contributed by atoms with E-state index in [4.69, 9.17) is 0 Å². The fourth-order valence-corrected chi connectivity index (χ4v) is 1.41. The first kappa shape index (κ1) is 13.8. The van der Waals surface area contributed by atoms with Crippen LogP contribution in [-0.4, -0.2) is 28.0 Å². The number of nitrogens with one attached hydrogen (secondary N) is 1. The minimum Gasteiger partial charge on any atom is -0.507 e. The van der Waals surface area contributed by atoms with Crippen molar-refractivity contribution in [2.75, 3.05) is 11.9 Å². The number of phenols is 2. The third kappa shape index (κ3) is 3.63. The predicted octanol–water partition coefficient (Wildman–Crippen LogP) is 2.25. The number of benzene rings is 1. The summed E-state index contributed by atoms with van der Waals surface area (Å²) in [5.41, 5.74) is -0.173. The quantitative estimate of drug-likeness (QED) is 0.747. The maximum atomic E-state index is 11.8. The Kier molecular flexibility index (Phi) is 4.40. The Labute approximate surface area is 109 Å². The van der Waals surface area contributed by atoms with Gasteiger partial charge in [-0.3, -0.25) is 4.79 Å². The SMILES string of the molecule is CC(C)(CBr)CNC(=O)c1c(O)cccc1O. The topological polar surface area (TPSA) is 69.6 Å². The van der Waals surface area contributed by atoms with E-state index >= 15 is 0 Å². The molecule has 0 aliphatic heterocycles. The minimum absolute atomic E-state index is 0.0853. The molecule has 0 heterocycles. The molecule has 0 radical (unpaired) electrons. The van der Waals surface area contributed by atoms with Gasteiger partial charge in [0.05, 0.1) is 0 Å². The number of halogens is 1. The molecule has 1 rings (SSSR count). The monoisotopic (exact) mass is 301 g/mol. The number of alkyl halides is 1. The van der Waals surface area contributed by atoms with Crippen LogP contribution in [-0.2, 0) is 0 Å². The average molecular weight is 302 g/mol. The first-order chi connectivity index (χ1) is 7.87. The summed E-state index contributed by atoms with van der Waals surface area (Å²) in [6.45, 7) is 4.43. The highest BCUT2D eigenvalue weighted by molar-refractivity contribution is 9.09. The molecule has 0 fully saturated rings. The molecule has 5 heteroatoms. The van der Waals surface area contributed by atoms with Gasteiger partial charge in [0.1, 0.15) is 17.1 Å². The van der Waals surface area contributed by atoms with Crippen LogP contribution in [0, 0.1) is 5.41 Å². The summed E-state index contributed by atoms with van der Waals surface area (Å²) < 4.78 is 0. The largest absolute Gasteiger partial charge is 0.507 e. The second kappa shape index (κ2) is 5.40. The molecule has 0 spiro atoms. The van der Waals surface area contributed by atoms with E-state index in [1.807, 2.05) is 13.8 Å². The van der Waals surface area contributed by atoms with Gasteiger partial charge in [-0.1, -0.05) is 35.8 Å². The number of rotatable bonds is 4. The number of hydrogen-bond donors (Lipinski definition) is 3. The fraction of sp³-hybridized carbons (Fsp3) is 0.417. The number of phenolic OH excluding ortho intramolecular Hbond substituents is 2. The average Bonchev–Trinajstić information content (AvgIpc) is 2.26. The van der Waals surface area contributed by atoms with Crippen molar-refractivity contribution < 1.29 is 15.0 Å². The van der Waals surface area contributed by atoms with E-state index in [1.54, 1.807) is 0 Å². The van der Waals surface area contributed by atoms with E-state index in [-0.39, 0.29) is 22.5 Å². The Hall–Kier alpha value is -1.23. The van der Waals surface area contributed by atoms with E-state index in [1.165, 1.54) is 18.2 Å². The van der Waals surface area contributed by atoms with Crippen molar-refractivity contribution in [3.63, 3.8) is 0 Å². The number of carbonyl (C=O) groups excluding carboxylic acids is 1. The molecule has 0 atom stereocenters. The Morgan fingerprint density at radius 1 is 1.35 bits per heavy atom. The Morgan fingerprint density at radius 3 is 2.35 bits per heavy atom. The van der Waals surface area contributed by atoms with Crippen LogP contribution in [0.4, 0.5) is 0 Å². The maximum absolute atomic E-state index is 11.8. The highest BCUT2D eigenvalue weighted by Gasteiger charge is 2.20. The van der Waals surface area contributed by atoms with Crippen molar-refractivity contribution in [1.29, 1.82) is 0 Å². The van der Waals surface area contributed by atoms with Crippen LogP contribution < -0.4 is 5.32 Å². The van der Waals surface area contributed by atoms with Crippen molar-refractivity contribution in [2.45, 2.75) is 13.8 Å². The summed E-state index contributed by atoms with van der Waals surface area (Å²) in [7, 11) is 0. The number of hydrogen-bond acceptors (Lipinski definition) is 3. The van der Waals surface area contributed by atoms with Gasteiger partial charge in [-0.15, -0.1) is 0 Å². The summed E-state index contributed by atoms with van der Waals surface area (Å²) in [4.78, 5) is 11.8. The van der Waals surface area contributed by atoms with Gasteiger partial charge in [-0.05, 0) is 17.5 Å². The summed E-state index contributed by atoms with van der Waals surface area (Å²) in [6.07, 6.45) is 0. The lowest BCUT2D eigenvalue weighted by Gasteiger charge is -2.22. The number of carbonyl (C=O) groups is 1. The molecule has 1 aromatic carbocycles. The van der Waals surface area contributed by atoms with E-state index in [2.05, 4.69) is 21.2 Å². The Bertz CT molecular complexity index is 398. The van der Waals surface area contributed by atoms with Crippen LogP contribution in [0.5, 0.6) is 11.5 Å². The third-order valence-corrected chi connectivity index (χ3v) is 3.85. The van der Waals surface area contributed by atoms with Gasteiger partial charge in [-0.25, -0.2) is 0 Å². The highest BCUT2D eigenvalue weighted by atomic mass is 79.9. The maximum Gasteiger partial charge on any atom is 0.258 e. The molecule has 0 aliphatic carbocycles. The zero-order valence-electron chi connectivity index (χ0n) is 9.83. The standard InChI is InChI=1S/C12H16BrNO3/c1-12(2,6-13)7-14-11(17)10-8(15)4-3-5-9(10)16/h3-5,15-16H,6-7H2,1-2H3,(H,14,17). The lowest BCUT2D eigenvalue weighted by Crippen LogP contribution is -2.34. The van der Waals surface area contributed by atoms with Crippen LogP contribution in [0.1, 0.15) is 24.2 Å². The van der Waals surface area contributed by atoms with Gasteiger partial charge >= 0.3 is 0 Å². The van der Waals surface area contributed by atoms with Gasteiger partial charge in [-0.2, -0.15) is 0 Å². The summed E-state index contributed by atoms with van der Waals surface area (Å²) >= 11 is 3.36. The normalized spacial score (nSPS) is 11.2. The molecule has 0 aliphatic rings. The van der Waals surface area contributed by atoms with E-state index in [9.17, 15) is 15.0 Å². The number of amides is 1. The van der Waals surface area contributed by atoms with E-state index in [0.29, 0.717) is 6.54 Å². The lowest BCUT2D eigenvalue weighted by atomic mass is 9.96. The lowest BCUT2D eigenvalue weighted by molar-refractivity contribution is 0.0934. The van der Waals surface area contributed by atoms with Crippen molar-refractivity contribution in [2.24, 2.45) is 5.41 Å². The second-order valence-electron chi connectivity index (χ2n) is 4.65. The summed E-state index contributed by atoms with van der Waals surface area (Å²) in [6, 6.07) is 4.21. The van der Waals surface area contributed by atoms with Crippen molar-refractivity contribution in [1.82, 2.24) is 5.32 Å². The molecular formula is C12H16BrNO3. The zero-order valence-corrected chi connectivity index (χ0v) is 11.4. The molecule has 0 bridgehead atoms. The molecule has 3 N–H and O–H groups in total. The first-order valence-electron chi connectivity index (χ1n) is 5.22. The fourth-order valence-electron chi connectivity index (χ4n) is 1.22. The van der Waals surface area contributed by atoms with Gasteiger partial charge in [0.25, 0.3) is 5.91 Å². The summed E-state index contributed by atoms with van der Waals surface area (Å²) in [5, 5.41) is 22.5. The molecule has 0 saturated carbocycles. The van der Waals surface area contributed by atoms with Crippen LogP contribution in [0.3, 0.4) is 0 Å². The second-order valence-corrected chi connectivity index (χ2v) is 5.21. The molecule has 0 unspecified atom stereocenters. The molecular weight excluding hydrogens is 286 g/mol. The third-order valence-electron chi connectivity index (χ3n) is 2.34. The van der Waals surface area contributed by atoms with Crippen molar-refractivity contribution >= 4 is 21.8 Å². The van der Waals surface area contributed by atoms with Crippen LogP contribution in [0.15, 0.2) is 18.2 Å². The molecule has 0 aromatic heterocycles. The molecule has 1 amide bonds. The van der Waals surface area contributed by atoms with Crippen molar-refractivity contribution in [3.05, 3.63) is 23.8 Å². The van der Waals surface area contributed by atoms with Crippen LogP contribution in [0.25, 0.3) is 0 Å². The van der Waals surface area contributed by atoms with Crippen LogP contribution >= 0.6 is 15.9 Å². The van der Waals surface area contributed by atoms with Gasteiger partial charge < -0.3 is 15.5 Å². The molecule has 0 saturated heterocycles. The Balaban J connectivity index is 2.78. The van der Waals surface area contributed by atoms with Gasteiger partial charge in [0.15, 0.2) is 0 Å². The summed E-state index contributed by atoms with van der Waals surface area (Å²) in [5.74, 6) is -0.923. The minimum atomic E-state index is -0.477. The molecule has 4 nitrogen and oxygen atoms in total. The number of aromatic hydroxyl groups is 2. The smallest absolute Gasteiger partial charge is 0.258 e. The van der Waals surface area contributed by atoms with Crippen LogP contribution in [0.2, 0.25) is 0 Å². The van der Waals surface area contributed by atoms with E-state index < -0.39 is 5.91 Å². The molecule has 1 aromatic rings. The highest BCUT2D eigenvalue weighted by Crippen LogP contribution is 2.26. The Morgan fingerprint density at radius 2 is 1.88 bits per heavy atom. The first-order valence-corrected chi connectivity index (χ1v) is 6.34. The zero-order chi connectivity index (χ0) is 13.1. The van der Waals surface area contributed by atoms with E-state index in [0.717, 1.165) is 5.33 Å². The molecule has 94 valence electrons. The van der Waals surface area contributed by atoms with Crippen molar-refractivity contribution in [3.8, 4) is 11.5 Å². The molecule has 17 heavy (non-hydrogen) atoms. The van der Waals surface area contributed by atoms with Gasteiger partial charge in [0, 0.05) is 11.9 Å². The predicted molar refractivity (Wildman–Crippen MR) is 69.7 cm³/mol. The van der Waals surface area contributed by atoms with Gasteiger partial charge in [0.2, 0.25) is 0 Å².